The Balaban J connectivity index is 2.39. The summed E-state index contributed by atoms with van der Waals surface area (Å²) in [6.07, 6.45) is 1.16. The first-order valence-corrected chi connectivity index (χ1v) is 4.73. The summed E-state index contributed by atoms with van der Waals surface area (Å²) in [4.78, 5) is 11.2. The normalized spacial score (nSPS) is 33.3. The molecule has 1 aliphatic rings. The van der Waals surface area contributed by atoms with Crippen molar-refractivity contribution in [3.63, 3.8) is 0 Å². The molecular formula is C9H18N2O2. The largest absolute Gasteiger partial charge is 0.466 e. The lowest BCUT2D eigenvalue weighted by Crippen LogP contribution is -2.44. The number of ether oxygens (including phenoxy) is 1. The minimum absolute atomic E-state index is 0.194. The van der Waals surface area contributed by atoms with Crippen LogP contribution in [0.2, 0.25) is 0 Å². The molecule has 0 aromatic rings. The molecule has 0 saturated carbocycles. The zero-order chi connectivity index (χ0) is 9.90. The summed E-state index contributed by atoms with van der Waals surface area (Å²) < 4.78 is 4.86. The summed E-state index contributed by atoms with van der Waals surface area (Å²) >= 11 is 0. The van der Waals surface area contributed by atoms with Crippen LogP contribution >= 0.6 is 0 Å². The monoisotopic (exact) mass is 186 g/mol. The molecule has 0 aromatic carbocycles. The van der Waals surface area contributed by atoms with Gasteiger partial charge in [0.05, 0.1) is 13.0 Å². The van der Waals surface area contributed by atoms with Crippen LogP contribution in [0.25, 0.3) is 0 Å². The van der Waals surface area contributed by atoms with Gasteiger partial charge in [-0.05, 0) is 20.3 Å². The number of carbonyl (C=O) groups is 1. The molecule has 2 unspecified atom stereocenters. The minimum atomic E-state index is -0.397. The second-order valence-electron chi connectivity index (χ2n) is 3.83. The molecule has 0 aliphatic carbocycles. The van der Waals surface area contributed by atoms with Gasteiger partial charge in [0.1, 0.15) is 0 Å². The van der Waals surface area contributed by atoms with Crippen LogP contribution in [0.3, 0.4) is 0 Å². The molecule has 0 amide bonds. The molecule has 4 heteroatoms. The number of carbonyl (C=O) groups excluding carboxylic acids is 1. The van der Waals surface area contributed by atoms with E-state index < -0.39 is 5.54 Å². The van der Waals surface area contributed by atoms with E-state index >= 15 is 0 Å². The van der Waals surface area contributed by atoms with E-state index in [4.69, 9.17) is 10.5 Å². The van der Waals surface area contributed by atoms with Crippen molar-refractivity contribution in [1.82, 2.24) is 5.32 Å². The average Bonchev–Trinajstić information content (AvgIpc) is 2.30. The zero-order valence-electron chi connectivity index (χ0n) is 8.30. The fraction of sp³-hybridized carbons (Fsp3) is 0.889. The van der Waals surface area contributed by atoms with E-state index in [1.165, 1.54) is 0 Å². The van der Waals surface area contributed by atoms with Gasteiger partial charge in [-0.3, -0.25) is 4.79 Å². The van der Waals surface area contributed by atoms with Gasteiger partial charge in [-0.2, -0.15) is 0 Å². The Kier molecular flexibility index (Phi) is 3.27. The molecule has 1 saturated heterocycles. The van der Waals surface area contributed by atoms with E-state index in [0.29, 0.717) is 25.6 Å². The van der Waals surface area contributed by atoms with Crippen molar-refractivity contribution in [2.24, 2.45) is 5.73 Å². The molecule has 1 rings (SSSR count). The van der Waals surface area contributed by atoms with Gasteiger partial charge in [-0.1, -0.05) is 0 Å². The quantitative estimate of drug-likeness (QED) is 0.610. The van der Waals surface area contributed by atoms with Gasteiger partial charge in [-0.25, -0.2) is 0 Å². The summed E-state index contributed by atoms with van der Waals surface area (Å²) in [6, 6.07) is 0.402. The van der Waals surface area contributed by atoms with Crippen molar-refractivity contribution in [1.29, 1.82) is 0 Å². The van der Waals surface area contributed by atoms with E-state index in [1.54, 1.807) is 6.92 Å². The second kappa shape index (κ2) is 4.07. The van der Waals surface area contributed by atoms with Crippen molar-refractivity contribution in [2.75, 3.05) is 13.2 Å². The van der Waals surface area contributed by atoms with Crippen LogP contribution in [0.1, 0.15) is 26.7 Å². The van der Waals surface area contributed by atoms with Crippen molar-refractivity contribution in [3.8, 4) is 0 Å². The maximum Gasteiger partial charge on any atom is 0.307 e. The maximum atomic E-state index is 11.2. The highest BCUT2D eigenvalue weighted by Crippen LogP contribution is 2.20. The topological polar surface area (TPSA) is 64.3 Å². The minimum Gasteiger partial charge on any atom is -0.466 e. The molecule has 0 radical (unpaired) electrons. The first-order chi connectivity index (χ1) is 6.06. The van der Waals surface area contributed by atoms with E-state index in [1.807, 2.05) is 0 Å². The number of nitrogens with one attached hydrogen (secondary N) is 1. The van der Waals surface area contributed by atoms with Crippen LogP contribution < -0.4 is 11.1 Å². The van der Waals surface area contributed by atoms with Crippen molar-refractivity contribution in [3.05, 3.63) is 0 Å². The summed E-state index contributed by atoms with van der Waals surface area (Å²) in [6.45, 7) is 5.00. The van der Waals surface area contributed by atoms with Gasteiger partial charge >= 0.3 is 5.97 Å². The van der Waals surface area contributed by atoms with Crippen LogP contribution in [0.4, 0.5) is 0 Å². The van der Waals surface area contributed by atoms with Gasteiger partial charge in [-0.15, -0.1) is 0 Å². The molecule has 13 heavy (non-hydrogen) atoms. The van der Waals surface area contributed by atoms with Crippen molar-refractivity contribution in [2.45, 2.75) is 38.3 Å². The molecule has 76 valence electrons. The zero-order valence-corrected chi connectivity index (χ0v) is 8.30. The van der Waals surface area contributed by atoms with Gasteiger partial charge in [0.15, 0.2) is 0 Å². The number of nitrogens with two attached hydrogens (primary N) is 1. The number of esters is 1. The molecule has 1 aliphatic heterocycles. The highest BCUT2D eigenvalue weighted by atomic mass is 16.5. The van der Waals surface area contributed by atoms with Crippen LogP contribution in [0, 0.1) is 0 Å². The first-order valence-electron chi connectivity index (χ1n) is 4.73. The maximum absolute atomic E-state index is 11.2. The third-order valence-corrected chi connectivity index (χ3v) is 2.32. The predicted molar refractivity (Wildman–Crippen MR) is 50.3 cm³/mol. The third kappa shape index (κ3) is 2.97. The SMILES string of the molecule is CCOC(=O)CC1(N)CNC(C)C1. The van der Waals surface area contributed by atoms with Gasteiger partial charge in [0, 0.05) is 18.1 Å². The molecule has 2 atom stereocenters. The lowest BCUT2D eigenvalue weighted by Gasteiger charge is -2.21. The summed E-state index contributed by atoms with van der Waals surface area (Å²) in [7, 11) is 0. The molecule has 1 fully saturated rings. The number of rotatable bonds is 3. The Labute approximate surface area is 78.8 Å². The highest BCUT2D eigenvalue weighted by Gasteiger charge is 2.35. The fourth-order valence-electron chi connectivity index (χ4n) is 1.77. The van der Waals surface area contributed by atoms with Gasteiger partial charge in [0.25, 0.3) is 0 Å². The Hall–Kier alpha value is -0.610. The van der Waals surface area contributed by atoms with Crippen molar-refractivity contribution < 1.29 is 9.53 Å². The van der Waals surface area contributed by atoms with Gasteiger partial charge < -0.3 is 15.8 Å². The summed E-state index contributed by atoms with van der Waals surface area (Å²) in [5, 5.41) is 3.22. The number of hydrogen-bond donors (Lipinski definition) is 2. The second-order valence-corrected chi connectivity index (χ2v) is 3.83. The standard InChI is InChI=1S/C9H18N2O2/c1-3-13-8(12)5-9(10)4-7(2)11-6-9/h7,11H,3-6,10H2,1-2H3. The molecule has 1 heterocycles. The Morgan fingerprint density at radius 1 is 1.77 bits per heavy atom. The van der Waals surface area contributed by atoms with Crippen molar-refractivity contribution >= 4 is 5.97 Å². The van der Waals surface area contributed by atoms with Crippen LogP contribution in [0.15, 0.2) is 0 Å². The van der Waals surface area contributed by atoms with E-state index in [9.17, 15) is 4.79 Å². The Bertz CT molecular complexity index is 196. The lowest BCUT2D eigenvalue weighted by atomic mass is 9.94. The first kappa shape index (κ1) is 10.5. The average molecular weight is 186 g/mol. The predicted octanol–water partition coefficient (Wildman–Crippen LogP) is 0.0189. The van der Waals surface area contributed by atoms with Gasteiger partial charge in [0.2, 0.25) is 0 Å². The van der Waals surface area contributed by atoms with Crippen LogP contribution in [-0.2, 0) is 9.53 Å². The van der Waals surface area contributed by atoms with Crippen LogP contribution in [-0.4, -0.2) is 30.7 Å². The molecular weight excluding hydrogens is 168 g/mol. The van der Waals surface area contributed by atoms with E-state index in [0.717, 1.165) is 6.42 Å². The highest BCUT2D eigenvalue weighted by molar-refractivity contribution is 5.71. The summed E-state index contributed by atoms with van der Waals surface area (Å²) in [5.41, 5.74) is 5.62. The Morgan fingerprint density at radius 3 is 2.92 bits per heavy atom. The fourth-order valence-corrected chi connectivity index (χ4v) is 1.77. The molecule has 3 N–H and O–H groups in total. The molecule has 0 spiro atoms. The lowest BCUT2D eigenvalue weighted by molar-refractivity contribution is -0.144. The Morgan fingerprint density at radius 2 is 2.46 bits per heavy atom. The molecule has 0 bridgehead atoms. The molecule has 4 nitrogen and oxygen atoms in total. The van der Waals surface area contributed by atoms with E-state index in [2.05, 4.69) is 12.2 Å². The summed E-state index contributed by atoms with van der Waals surface area (Å²) in [5.74, 6) is -0.194. The molecule has 0 aromatic heterocycles. The van der Waals surface area contributed by atoms with Crippen LogP contribution in [0.5, 0.6) is 0 Å². The number of hydrogen-bond acceptors (Lipinski definition) is 4. The third-order valence-electron chi connectivity index (χ3n) is 2.32. The smallest absolute Gasteiger partial charge is 0.307 e. The van der Waals surface area contributed by atoms with E-state index in [-0.39, 0.29) is 5.97 Å².